The molecule has 6 heteroatoms. The molecule has 0 aliphatic heterocycles. The van der Waals surface area contributed by atoms with Gasteiger partial charge in [-0.25, -0.2) is 4.98 Å². The van der Waals surface area contributed by atoms with Gasteiger partial charge in [0, 0.05) is 16.8 Å². The molecule has 0 aliphatic rings. The van der Waals surface area contributed by atoms with Crippen molar-refractivity contribution in [3.05, 3.63) is 107 Å². The van der Waals surface area contributed by atoms with Gasteiger partial charge in [0.2, 0.25) is 11.8 Å². The van der Waals surface area contributed by atoms with Gasteiger partial charge < -0.3 is 15.1 Å². The summed E-state index contributed by atoms with van der Waals surface area (Å²) in [5.41, 5.74) is 4.77. The van der Waals surface area contributed by atoms with Crippen LogP contribution >= 0.6 is 0 Å². The molecule has 4 rings (SSSR count). The Balaban J connectivity index is 1.37. The predicted octanol–water partition coefficient (Wildman–Crippen LogP) is 5.07. The molecule has 3 aromatic carbocycles. The molecular weight excluding hydrogens is 414 g/mol. The highest BCUT2D eigenvalue weighted by molar-refractivity contribution is 5.94. The standard InChI is InChI=1S/C27H25N3O3/c1-18-7-6-10-22(15-18)26(32)28-17-24-19(2)33-27(30-24)21-11-13-23(14-12-21)29-25(31)16-20-8-4-3-5-9-20/h3-15H,16-17H2,1-2H3,(H,28,32)(H,29,31). The fourth-order valence-corrected chi connectivity index (χ4v) is 3.45. The number of amides is 2. The van der Waals surface area contributed by atoms with E-state index >= 15 is 0 Å². The molecule has 0 radical (unpaired) electrons. The highest BCUT2D eigenvalue weighted by Gasteiger charge is 2.14. The average molecular weight is 440 g/mol. The summed E-state index contributed by atoms with van der Waals surface area (Å²) in [5.74, 6) is 0.884. The number of rotatable bonds is 7. The van der Waals surface area contributed by atoms with Gasteiger partial charge >= 0.3 is 0 Å². The minimum Gasteiger partial charge on any atom is -0.441 e. The number of hydrogen-bond donors (Lipinski definition) is 2. The number of aromatic nitrogens is 1. The van der Waals surface area contributed by atoms with E-state index < -0.39 is 0 Å². The van der Waals surface area contributed by atoms with Gasteiger partial charge in [-0.3, -0.25) is 9.59 Å². The van der Waals surface area contributed by atoms with Crippen LogP contribution in [0, 0.1) is 13.8 Å². The minimum atomic E-state index is -0.154. The van der Waals surface area contributed by atoms with E-state index in [0.717, 1.165) is 16.7 Å². The van der Waals surface area contributed by atoms with Crippen molar-refractivity contribution in [1.29, 1.82) is 0 Å². The van der Waals surface area contributed by atoms with Crippen molar-refractivity contribution in [1.82, 2.24) is 10.3 Å². The predicted molar refractivity (Wildman–Crippen MR) is 128 cm³/mol. The number of benzene rings is 3. The van der Waals surface area contributed by atoms with Crippen LogP contribution in [-0.4, -0.2) is 16.8 Å². The average Bonchev–Trinajstić information content (AvgIpc) is 3.19. The van der Waals surface area contributed by atoms with Crippen LogP contribution in [0.15, 0.2) is 83.3 Å². The molecule has 4 aromatic rings. The van der Waals surface area contributed by atoms with Gasteiger partial charge in [-0.1, -0.05) is 48.0 Å². The molecule has 0 fully saturated rings. The molecule has 0 aliphatic carbocycles. The van der Waals surface area contributed by atoms with Crippen LogP contribution in [0.4, 0.5) is 5.69 Å². The molecule has 0 saturated heterocycles. The summed E-state index contributed by atoms with van der Waals surface area (Å²) in [6.07, 6.45) is 0.319. The van der Waals surface area contributed by atoms with E-state index in [-0.39, 0.29) is 18.4 Å². The molecule has 0 spiro atoms. The number of anilines is 1. The first-order valence-corrected chi connectivity index (χ1v) is 10.7. The zero-order valence-corrected chi connectivity index (χ0v) is 18.6. The topological polar surface area (TPSA) is 84.2 Å². The summed E-state index contributed by atoms with van der Waals surface area (Å²) in [4.78, 5) is 29.2. The summed E-state index contributed by atoms with van der Waals surface area (Å²) in [7, 11) is 0. The van der Waals surface area contributed by atoms with Gasteiger partial charge in [0.05, 0.1) is 13.0 Å². The summed E-state index contributed by atoms with van der Waals surface area (Å²) < 4.78 is 5.81. The van der Waals surface area contributed by atoms with Crippen LogP contribution in [0.25, 0.3) is 11.5 Å². The van der Waals surface area contributed by atoms with Crippen LogP contribution in [-0.2, 0) is 17.8 Å². The number of aryl methyl sites for hydroxylation is 2. The molecule has 1 aromatic heterocycles. The SMILES string of the molecule is Cc1cccc(C(=O)NCc2nc(-c3ccc(NC(=O)Cc4ccccc4)cc3)oc2C)c1. The molecule has 2 amide bonds. The number of carbonyl (C=O) groups is 2. The highest BCUT2D eigenvalue weighted by Crippen LogP contribution is 2.23. The van der Waals surface area contributed by atoms with Crippen molar-refractivity contribution in [3.8, 4) is 11.5 Å². The van der Waals surface area contributed by atoms with Gasteiger partial charge in [-0.2, -0.15) is 0 Å². The van der Waals surface area contributed by atoms with E-state index in [1.807, 2.05) is 86.6 Å². The second-order valence-corrected chi connectivity index (χ2v) is 7.86. The van der Waals surface area contributed by atoms with Crippen LogP contribution in [0.1, 0.15) is 32.9 Å². The lowest BCUT2D eigenvalue weighted by molar-refractivity contribution is -0.115. The summed E-state index contributed by atoms with van der Waals surface area (Å²) in [6, 6.07) is 24.4. The molecule has 0 unspecified atom stereocenters. The maximum Gasteiger partial charge on any atom is 0.251 e. The molecule has 0 saturated carbocycles. The van der Waals surface area contributed by atoms with Crippen LogP contribution in [0.5, 0.6) is 0 Å². The fraction of sp³-hybridized carbons (Fsp3) is 0.148. The normalized spacial score (nSPS) is 10.6. The van der Waals surface area contributed by atoms with E-state index in [9.17, 15) is 9.59 Å². The Kier molecular flexibility index (Phi) is 6.64. The maximum atomic E-state index is 12.4. The van der Waals surface area contributed by atoms with E-state index in [1.54, 1.807) is 6.07 Å². The monoisotopic (exact) mass is 439 g/mol. The Bertz CT molecular complexity index is 1260. The zero-order chi connectivity index (χ0) is 23.2. The third-order valence-electron chi connectivity index (χ3n) is 5.21. The second kappa shape index (κ2) is 9.96. The Morgan fingerprint density at radius 2 is 1.67 bits per heavy atom. The second-order valence-electron chi connectivity index (χ2n) is 7.86. The lowest BCUT2D eigenvalue weighted by atomic mass is 10.1. The quantitative estimate of drug-likeness (QED) is 0.421. The molecule has 166 valence electrons. The molecule has 6 nitrogen and oxygen atoms in total. The Hall–Kier alpha value is -4.19. The first-order valence-electron chi connectivity index (χ1n) is 10.7. The highest BCUT2D eigenvalue weighted by atomic mass is 16.4. The van der Waals surface area contributed by atoms with Crippen LogP contribution in [0.3, 0.4) is 0 Å². The van der Waals surface area contributed by atoms with Crippen molar-refractivity contribution in [3.63, 3.8) is 0 Å². The van der Waals surface area contributed by atoms with Crippen LogP contribution < -0.4 is 10.6 Å². The zero-order valence-electron chi connectivity index (χ0n) is 18.6. The van der Waals surface area contributed by atoms with Crippen molar-refractivity contribution >= 4 is 17.5 Å². The lowest BCUT2D eigenvalue weighted by Gasteiger charge is -2.06. The number of oxazole rings is 1. The van der Waals surface area contributed by atoms with E-state index in [4.69, 9.17) is 4.42 Å². The van der Waals surface area contributed by atoms with Crippen LogP contribution in [0.2, 0.25) is 0 Å². The molecule has 0 bridgehead atoms. The number of hydrogen-bond acceptors (Lipinski definition) is 4. The Morgan fingerprint density at radius 3 is 2.39 bits per heavy atom. The van der Waals surface area contributed by atoms with Gasteiger partial charge in [0.15, 0.2) is 0 Å². The van der Waals surface area contributed by atoms with Crippen molar-refractivity contribution in [2.45, 2.75) is 26.8 Å². The fourth-order valence-electron chi connectivity index (χ4n) is 3.45. The number of carbonyl (C=O) groups excluding carboxylic acids is 2. The molecule has 2 N–H and O–H groups in total. The number of nitrogens with one attached hydrogen (secondary N) is 2. The van der Waals surface area contributed by atoms with Crippen molar-refractivity contribution in [2.75, 3.05) is 5.32 Å². The van der Waals surface area contributed by atoms with Gasteiger partial charge in [-0.15, -0.1) is 0 Å². The van der Waals surface area contributed by atoms with Gasteiger partial charge in [-0.05, 0) is 55.8 Å². The maximum absolute atomic E-state index is 12.4. The van der Waals surface area contributed by atoms with E-state index in [1.165, 1.54) is 0 Å². The van der Waals surface area contributed by atoms with E-state index in [2.05, 4.69) is 15.6 Å². The molecule has 33 heavy (non-hydrogen) atoms. The molecule has 1 heterocycles. The summed E-state index contributed by atoms with van der Waals surface area (Å²) in [5, 5.41) is 5.79. The lowest BCUT2D eigenvalue weighted by Crippen LogP contribution is -2.23. The molecule has 0 atom stereocenters. The third kappa shape index (κ3) is 5.74. The summed E-state index contributed by atoms with van der Waals surface area (Å²) >= 11 is 0. The van der Waals surface area contributed by atoms with Gasteiger partial charge in [0.25, 0.3) is 5.91 Å². The largest absolute Gasteiger partial charge is 0.441 e. The third-order valence-corrected chi connectivity index (χ3v) is 5.21. The smallest absolute Gasteiger partial charge is 0.251 e. The van der Waals surface area contributed by atoms with Gasteiger partial charge in [0.1, 0.15) is 11.5 Å². The van der Waals surface area contributed by atoms with E-state index in [0.29, 0.717) is 35.0 Å². The summed E-state index contributed by atoms with van der Waals surface area (Å²) in [6.45, 7) is 4.05. The Labute approximate surface area is 192 Å². The number of nitrogens with zero attached hydrogens (tertiary/aromatic N) is 1. The minimum absolute atomic E-state index is 0.0763. The first kappa shape index (κ1) is 22.0. The van der Waals surface area contributed by atoms with Crippen molar-refractivity contribution < 1.29 is 14.0 Å². The molecular formula is C27H25N3O3. The van der Waals surface area contributed by atoms with Crippen molar-refractivity contribution in [2.24, 2.45) is 0 Å². The first-order chi connectivity index (χ1) is 16.0. The Morgan fingerprint density at radius 1 is 0.909 bits per heavy atom.